The van der Waals surface area contributed by atoms with Gasteiger partial charge in [0.1, 0.15) is 6.10 Å². The summed E-state index contributed by atoms with van der Waals surface area (Å²) in [7, 11) is 0. The molecule has 0 saturated carbocycles. The molecule has 0 aromatic rings. The van der Waals surface area contributed by atoms with Crippen molar-refractivity contribution in [2.45, 2.75) is 322 Å². The lowest BCUT2D eigenvalue weighted by molar-refractivity contribution is -0.151. The van der Waals surface area contributed by atoms with E-state index in [9.17, 15) is 19.8 Å². The normalized spacial score (nSPS) is 13.3. The van der Waals surface area contributed by atoms with Gasteiger partial charge in [-0.2, -0.15) is 0 Å². The number of aliphatic hydroxyl groups excluding tert-OH is 2. The second-order valence-electron chi connectivity index (χ2n) is 19.4. The number of rotatable bonds is 51. The van der Waals surface area contributed by atoms with Crippen molar-refractivity contribution in [1.82, 2.24) is 5.32 Å². The summed E-state index contributed by atoms with van der Waals surface area (Å²) in [6, 6.07) is -0.706. The van der Waals surface area contributed by atoms with Crippen LogP contribution in [0.5, 0.6) is 0 Å². The first-order valence-electron chi connectivity index (χ1n) is 28.1. The summed E-state index contributed by atoms with van der Waals surface area (Å²) in [6.07, 6.45) is 59.6. The van der Waals surface area contributed by atoms with E-state index >= 15 is 0 Å². The Balaban J connectivity index is 4.52. The number of esters is 1. The second-order valence-corrected chi connectivity index (χ2v) is 19.4. The Morgan fingerprint density at radius 1 is 0.460 bits per heavy atom. The van der Waals surface area contributed by atoms with Gasteiger partial charge >= 0.3 is 5.97 Å². The van der Waals surface area contributed by atoms with Gasteiger partial charge in [-0.15, -0.1) is 0 Å². The molecule has 0 spiro atoms. The van der Waals surface area contributed by atoms with E-state index in [1.165, 1.54) is 193 Å². The molecule has 63 heavy (non-hydrogen) atoms. The maximum atomic E-state index is 13.2. The zero-order chi connectivity index (χ0) is 45.9. The third-order valence-electron chi connectivity index (χ3n) is 13.1. The lowest BCUT2D eigenvalue weighted by Gasteiger charge is -2.24. The number of allylic oxidation sites excluding steroid dienone is 4. The smallest absolute Gasteiger partial charge is 0.306 e. The molecule has 0 rings (SSSR count). The first-order chi connectivity index (χ1) is 31.0. The first-order valence-corrected chi connectivity index (χ1v) is 28.1. The summed E-state index contributed by atoms with van der Waals surface area (Å²) < 4.78 is 5.93. The van der Waals surface area contributed by atoms with Gasteiger partial charge in [0, 0.05) is 6.42 Å². The molecule has 0 aliphatic rings. The Bertz CT molecular complexity index is 997. The molecule has 6 nitrogen and oxygen atoms in total. The summed E-state index contributed by atoms with van der Waals surface area (Å²) in [4.78, 5) is 26.2. The number of carbonyl (C=O) groups is 2. The Morgan fingerprint density at radius 3 is 1.19 bits per heavy atom. The molecule has 0 aliphatic carbocycles. The van der Waals surface area contributed by atoms with E-state index in [-0.39, 0.29) is 24.9 Å². The molecule has 3 atom stereocenters. The lowest BCUT2D eigenvalue weighted by Crippen LogP contribution is -2.46. The standard InChI is InChI=1S/C57H109NO5/c1-4-7-10-13-16-19-22-24-26-28-30-32-35-37-40-43-46-49-55(60)54(52-59)58-56(61)51-53(63-57(62)50-47-44-41-38-33-21-18-15-12-9-6-3)48-45-42-39-36-34-31-29-27-25-23-20-17-14-11-8-5-2/h27,29,31,34,53-55,59-60H,4-26,28,30,32-33,35-52H2,1-3H3,(H,58,61)/b29-27+,34-31+. The Morgan fingerprint density at radius 2 is 0.794 bits per heavy atom. The topological polar surface area (TPSA) is 95.9 Å². The van der Waals surface area contributed by atoms with Gasteiger partial charge in [-0.25, -0.2) is 0 Å². The third kappa shape index (κ3) is 46.7. The number of hydrogen-bond acceptors (Lipinski definition) is 5. The van der Waals surface area contributed by atoms with Crippen LogP contribution in [-0.4, -0.2) is 46.9 Å². The zero-order valence-electron chi connectivity index (χ0n) is 42.5. The molecule has 3 N–H and O–H groups in total. The van der Waals surface area contributed by atoms with E-state index in [4.69, 9.17) is 4.74 Å². The van der Waals surface area contributed by atoms with Gasteiger partial charge in [-0.05, 0) is 51.4 Å². The van der Waals surface area contributed by atoms with Crippen LogP contribution in [0.3, 0.4) is 0 Å². The van der Waals surface area contributed by atoms with Crippen molar-refractivity contribution in [3.8, 4) is 0 Å². The molecule has 0 fully saturated rings. The van der Waals surface area contributed by atoms with Crippen molar-refractivity contribution in [1.29, 1.82) is 0 Å². The predicted octanol–water partition coefficient (Wildman–Crippen LogP) is 17.1. The minimum Gasteiger partial charge on any atom is -0.462 e. The molecule has 0 aromatic carbocycles. The van der Waals surface area contributed by atoms with Crippen molar-refractivity contribution < 1.29 is 24.5 Å². The highest BCUT2D eigenvalue weighted by molar-refractivity contribution is 5.77. The molecule has 0 radical (unpaired) electrons. The molecule has 0 aliphatic heterocycles. The number of amides is 1. The summed E-state index contributed by atoms with van der Waals surface area (Å²) >= 11 is 0. The van der Waals surface area contributed by atoms with Crippen LogP contribution in [0, 0.1) is 0 Å². The number of carbonyl (C=O) groups excluding carboxylic acids is 2. The summed E-state index contributed by atoms with van der Waals surface area (Å²) in [5, 5.41) is 23.9. The number of nitrogens with one attached hydrogen (secondary N) is 1. The van der Waals surface area contributed by atoms with Gasteiger partial charge in [0.25, 0.3) is 0 Å². The highest BCUT2D eigenvalue weighted by Gasteiger charge is 2.24. The molecule has 3 unspecified atom stereocenters. The molecule has 0 saturated heterocycles. The molecule has 6 heteroatoms. The molecule has 0 heterocycles. The lowest BCUT2D eigenvalue weighted by atomic mass is 10.0. The average molecular weight is 889 g/mol. The molecular formula is C57H109NO5. The van der Waals surface area contributed by atoms with Gasteiger partial charge in [-0.1, -0.05) is 263 Å². The van der Waals surface area contributed by atoms with E-state index in [0.29, 0.717) is 19.3 Å². The Kier molecular flexibility index (Phi) is 50.0. The maximum Gasteiger partial charge on any atom is 0.306 e. The van der Waals surface area contributed by atoms with Crippen LogP contribution in [0.25, 0.3) is 0 Å². The largest absolute Gasteiger partial charge is 0.462 e. The van der Waals surface area contributed by atoms with E-state index in [2.05, 4.69) is 50.4 Å². The number of aliphatic hydroxyl groups is 2. The van der Waals surface area contributed by atoms with Gasteiger partial charge in [0.2, 0.25) is 5.91 Å². The molecule has 372 valence electrons. The fourth-order valence-corrected chi connectivity index (χ4v) is 8.78. The van der Waals surface area contributed by atoms with Crippen molar-refractivity contribution in [2.24, 2.45) is 0 Å². The van der Waals surface area contributed by atoms with Crippen LogP contribution in [-0.2, 0) is 14.3 Å². The fraction of sp³-hybridized carbons (Fsp3) is 0.895. The van der Waals surface area contributed by atoms with Crippen LogP contribution in [0.1, 0.15) is 303 Å². The molecule has 0 aromatic heterocycles. The van der Waals surface area contributed by atoms with E-state index in [1.54, 1.807) is 0 Å². The summed E-state index contributed by atoms with van der Waals surface area (Å²) in [5.74, 6) is -0.485. The minimum atomic E-state index is -0.791. The fourth-order valence-electron chi connectivity index (χ4n) is 8.78. The van der Waals surface area contributed by atoms with Crippen LogP contribution in [0.15, 0.2) is 24.3 Å². The highest BCUT2D eigenvalue weighted by atomic mass is 16.5. The average Bonchev–Trinajstić information content (AvgIpc) is 3.28. The van der Waals surface area contributed by atoms with E-state index in [1.807, 2.05) is 0 Å². The number of hydrogen-bond donors (Lipinski definition) is 3. The van der Waals surface area contributed by atoms with Crippen molar-refractivity contribution in [2.75, 3.05) is 6.61 Å². The van der Waals surface area contributed by atoms with Crippen LogP contribution in [0.2, 0.25) is 0 Å². The molecule has 0 bridgehead atoms. The SMILES string of the molecule is CCCCCCCCC/C=C/C=C/CCCCCC(CC(=O)NC(CO)C(O)CCCCCCCCCCCCCCCCCCC)OC(=O)CCCCCCCCCCCCC. The van der Waals surface area contributed by atoms with Crippen molar-refractivity contribution in [3.05, 3.63) is 24.3 Å². The van der Waals surface area contributed by atoms with E-state index in [0.717, 1.165) is 64.2 Å². The number of unbranched alkanes of at least 4 members (excludes halogenated alkanes) is 36. The quantitative estimate of drug-likeness (QED) is 0.0321. The predicted molar refractivity (Wildman–Crippen MR) is 273 cm³/mol. The van der Waals surface area contributed by atoms with Crippen molar-refractivity contribution in [3.63, 3.8) is 0 Å². The first kappa shape index (κ1) is 61.3. The van der Waals surface area contributed by atoms with E-state index < -0.39 is 18.2 Å². The Hall–Kier alpha value is -1.66. The van der Waals surface area contributed by atoms with Crippen molar-refractivity contribution >= 4 is 11.9 Å². The third-order valence-corrected chi connectivity index (χ3v) is 13.1. The van der Waals surface area contributed by atoms with Gasteiger partial charge < -0.3 is 20.3 Å². The van der Waals surface area contributed by atoms with Gasteiger partial charge in [-0.3, -0.25) is 9.59 Å². The molecule has 1 amide bonds. The maximum absolute atomic E-state index is 13.2. The van der Waals surface area contributed by atoms with Gasteiger partial charge in [0.05, 0.1) is 25.2 Å². The van der Waals surface area contributed by atoms with Crippen LogP contribution >= 0.6 is 0 Å². The van der Waals surface area contributed by atoms with Crippen LogP contribution < -0.4 is 5.32 Å². The molecular weight excluding hydrogens is 779 g/mol. The zero-order valence-corrected chi connectivity index (χ0v) is 42.5. The summed E-state index contributed by atoms with van der Waals surface area (Å²) in [6.45, 7) is 6.50. The van der Waals surface area contributed by atoms with Crippen LogP contribution in [0.4, 0.5) is 0 Å². The monoisotopic (exact) mass is 888 g/mol. The number of ether oxygens (including phenoxy) is 1. The van der Waals surface area contributed by atoms with Gasteiger partial charge in [0.15, 0.2) is 0 Å². The second kappa shape index (κ2) is 51.3. The summed E-state index contributed by atoms with van der Waals surface area (Å²) in [5.41, 5.74) is 0. The highest BCUT2D eigenvalue weighted by Crippen LogP contribution is 2.18. The minimum absolute atomic E-state index is 0.0653. The Labute approximate surface area is 392 Å².